The Labute approximate surface area is 124 Å². The largest absolute Gasteiger partial charge is 0.466 e. The van der Waals surface area contributed by atoms with E-state index in [1.54, 1.807) is 26.0 Å². The van der Waals surface area contributed by atoms with Gasteiger partial charge in [0.05, 0.1) is 13.7 Å². The molecule has 116 valence electrons. The average molecular weight is 294 g/mol. The van der Waals surface area contributed by atoms with Crippen molar-refractivity contribution in [2.75, 3.05) is 13.7 Å². The van der Waals surface area contributed by atoms with Crippen molar-refractivity contribution in [1.29, 1.82) is 0 Å². The van der Waals surface area contributed by atoms with Crippen LogP contribution in [0.15, 0.2) is 23.8 Å². The Morgan fingerprint density at radius 3 is 2.62 bits per heavy atom. The van der Waals surface area contributed by atoms with Crippen LogP contribution in [0.3, 0.4) is 0 Å². The summed E-state index contributed by atoms with van der Waals surface area (Å²) < 4.78 is 10.3. The zero-order chi connectivity index (χ0) is 15.9. The topological polar surface area (TPSA) is 72.8 Å². The summed E-state index contributed by atoms with van der Waals surface area (Å²) in [6, 6.07) is 0. The molecule has 0 aromatic rings. The molecule has 1 heterocycles. The van der Waals surface area contributed by atoms with E-state index in [-0.39, 0.29) is 12.2 Å². The number of hydrogen-bond donors (Lipinski definition) is 1. The molecule has 21 heavy (non-hydrogen) atoms. The second-order valence-electron chi connectivity index (χ2n) is 6.48. The summed E-state index contributed by atoms with van der Waals surface area (Å²) >= 11 is 0. The summed E-state index contributed by atoms with van der Waals surface area (Å²) in [5, 5.41) is 11.1. The third-order valence-corrected chi connectivity index (χ3v) is 4.69. The molecule has 1 aliphatic heterocycles. The predicted octanol–water partition coefficient (Wildman–Crippen LogP) is 1.55. The Hall–Kier alpha value is -1.46. The van der Waals surface area contributed by atoms with Crippen LogP contribution in [0.25, 0.3) is 0 Å². The Morgan fingerprint density at radius 1 is 1.38 bits per heavy atom. The lowest BCUT2D eigenvalue weighted by atomic mass is 9.59. The Balaban J connectivity index is 2.32. The zero-order valence-corrected chi connectivity index (χ0v) is 12.9. The molecule has 2 fully saturated rings. The highest BCUT2D eigenvalue weighted by molar-refractivity contribution is 5.83. The van der Waals surface area contributed by atoms with Crippen molar-refractivity contribution in [2.45, 2.75) is 44.8 Å². The lowest BCUT2D eigenvalue weighted by molar-refractivity contribution is -0.151. The molecule has 0 unspecified atom stereocenters. The highest BCUT2D eigenvalue weighted by Gasteiger charge is 2.67. The van der Waals surface area contributed by atoms with Crippen molar-refractivity contribution < 1.29 is 24.2 Å². The van der Waals surface area contributed by atoms with Crippen LogP contribution in [0, 0.1) is 5.41 Å². The van der Waals surface area contributed by atoms with E-state index in [0.29, 0.717) is 18.6 Å². The molecule has 3 atom stereocenters. The van der Waals surface area contributed by atoms with Crippen molar-refractivity contribution in [3.63, 3.8) is 0 Å². The summed E-state index contributed by atoms with van der Waals surface area (Å²) in [7, 11) is 1.31. The van der Waals surface area contributed by atoms with Gasteiger partial charge in [-0.3, -0.25) is 4.79 Å². The van der Waals surface area contributed by atoms with Crippen LogP contribution >= 0.6 is 0 Å². The predicted molar refractivity (Wildman–Crippen MR) is 76.6 cm³/mol. The van der Waals surface area contributed by atoms with Gasteiger partial charge < -0.3 is 14.6 Å². The Morgan fingerprint density at radius 2 is 2.05 bits per heavy atom. The van der Waals surface area contributed by atoms with E-state index in [4.69, 9.17) is 4.74 Å². The molecule has 2 bridgehead atoms. The molecule has 0 amide bonds. The zero-order valence-electron chi connectivity index (χ0n) is 12.9. The molecule has 1 N–H and O–H groups in total. The molecule has 1 saturated carbocycles. The first-order valence-electron chi connectivity index (χ1n) is 6.99. The van der Waals surface area contributed by atoms with Gasteiger partial charge in [0.25, 0.3) is 0 Å². The first kappa shape index (κ1) is 15.9. The molecule has 1 aliphatic carbocycles. The van der Waals surface area contributed by atoms with Gasteiger partial charge in [-0.05, 0) is 25.5 Å². The molecule has 2 rings (SSSR count). The van der Waals surface area contributed by atoms with Crippen molar-refractivity contribution in [1.82, 2.24) is 0 Å². The fourth-order valence-corrected chi connectivity index (χ4v) is 3.34. The normalized spacial score (nSPS) is 39.9. The number of ether oxygens (including phenoxy) is 2. The maximum absolute atomic E-state index is 11.9. The minimum absolute atomic E-state index is 0.109. The van der Waals surface area contributed by atoms with Gasteiger partial charge >= 0.3 is 5.97 Å². The van der Waals surface area contributed by atoms with E-state index >= 15 is 0 Å². The van der Waals surface area contributed by atoms with Gasteiger partial charge in [-0.25, -0.2) is 4.79 Å². The van der Waals surface area contributed by atoms with Gasteiger partial charge in [0.2, 0.25) is 0 Å². The maximum atomic E-state index is 11.9. The molecule has 0 radical (unpaired) electrons. The van der Waals surface area contributed by atoms with Gasteiger partial charge in [-0.2, -0.15) is 0 Å². The fraction of sp³-hybridized carbons (Fsp3) is 0.625. The van der Waals surface area contributed by atoms with E-state index in [0.717, 1.165) is 0 Å². The molecule has 0 aromatic carbocycles. The molecule has 0 spiro atoms. The molecule has 5 nitrogen and oxygen atoms in total. The number of ketones is 1. The number of hydrogen-bond acceptors (Lipinski definition) is 5. The number of fused-ring (bicyclic) bond motifs is 2. The molecular formula is C16H22O5. The average Bonchev–Trinajstić information content (AvgIpc) is 2.51. The summed E-state index contributed by atoms with van der Waals surface area (Å²) in [5.41, 5.74) is -2.13. The quantitative estimate of drug-likeness (QED) is 0.486. The van der Waals surface area contributed by atoms with Gasteiger partial charge in [-0.1, -0.05) is 13.0 Å². The number of rotatable bonds is 3. The fourth-order valence-electron chi connectivity index (χ4n) is 3.34. The minimum Gasteiger partial charge on any atom is -0.466 e. The standard InChI is InChI=1S/C16H22O5/c1-11(7-13(18)20-4)5-6-16(19)14(2)8-12(17)9-15(16,3)21-10-14/h5-7,19H,8-10H2,1-4H3/b6-5+,11-7-/t14-,15-,16+/m1/s1. The highest BCUT2D eigenvalue weighted by Crippen LogP contribution is 2.56. The van der Waals surface area contributed by atoms with Crippen LogP contribution in [0.5, 0.6) is 0 Å². The number of carbonyl (C=O) groups excluding carboxylic acids is 2. The van der Waals surface area contributed by atoms with Crippen LogP contribution in [0.4, 0.5) is 0 Å². The monoisotopic (exact) mass is 294 g/mol. The van der Waals surface area contributed by atoms with Crippen molar-refractivity contribution in [3.8, 4) is 0 Å². The van der Waals surface area contributed by atoms with E-state index in [1.165, 1.54) is 13.2 Å². The van der Waals surface area contributed by atoms with Crippen molar-refractivity contribution in [3.05, 3.63) is 23.8 Å². The van der Waals surface area contributed by atoms with Gasteiger partial charge in [0, 0.05) is 24.3 Å². The number of Topliss-reactive ketones (excluding diaryl/α,β-unsaturated/α-hetero) is 1. The van der Waals surface area contributed by atoms with Gasteiger partial charge in [-0.15, -0.1) is 0 Å². The van der Waals surface area contributed by atoms with Gasteiger partial charge in [0.1, 0.15) is 17.0 Å². The maximum Gasteiger partial charge on any atom is 0.330 e. The SMILES string of the molecule is COC(=O)/C=C(C)\C=C\[C@]1(O)[C@@]2(C)CO[C@]1(C)CC(=O)C2. The third kappa shape index (κ3) is 2.45. The smallest absolute Gasteiger partial charge is 0.330 e. The molecule has 5 heteroatoms. The number of aliphatic hydroxyl groups is 1. The molecule has 2 aliphatic rings. The van der Waals surface area contributed by atoms with Gasteiger partial charge in [0.15, 0.2) is 0 Å². The van der Waals surface area contributed by atoms with Crippen molar-refractivity contribution >= 4 is 11.8 Å². The molecule has 0 aromatic heterocycles. The molecular weight excluding hydrogens is 272 g/mol. The number of esters is 1. The number of allylic oxidation sites excluding steroid dienone is 2. The summed E-state index contributed by atoms with van der Waals surface area (Å²) in [6.45, 7) is 5.71. The van der Waals surface area contributed by atoms with Crippen LogP contribution < -0.4 is 0 Å². The minimum atomic E-state index is -1.24. The van der Waals surface area contributed by atoms with Crippen LogP contribution in [0.2, 0.25) is 0 Å². The second kappa shape index (κ2) is 5.07. The molecule has 1 saturated heterocycles. The Kier molecular flexibility index (Phi) is 3.84. The number of carbonyl (C=O) groups is 2. The first-order chi connectivity index (χ1) is 9.66. The van der Waals surface area contributed by atoms with Crippen LogP contribution in [-0.4, -0.2) is 41.8 Å². The number of methoxy groups -OCH3 is 1. The van der Waals surface area contributed by atoms with Crippen LogP contribution in [-0.2, 0) is 19.1 Å². The second-order valence-corrected chi connectivity index (χ2v) is 6.48. The van der Waals surface area contributed by atoms with Crippen molar-refractivity contribution in [2.24, 2.45) is 5.41 Å². The third-order valence-electron chi connectivity index (χ3n) is 4.69. The van der Waals surface area contributed by atoms with Crippen LogP contribution in [0.1, 0.15) is 33.6 Å². The Bertz CT molecular complexity index is 511. The first-order valence-corrected chi connectivity index (χ1v) is 6.99. The lowest BCUT2D eigenvalue weighted by Gasteiger charge is -2.47. The van der Waals surface area contributed by atoms with E-state index in [1.807, 2.05) is 6.92 Å². The van der Waals surface area contributed by atoms with E-state index in [9.17, 15) is 14.7 Å². The lowest BCUT2D eigenvalue weighted by Crippen LogP contribution is -2.60. The van der Waals surface area contributed by atoms with E-state index < -0.39 is 22.6 Å². The summed E-state index contributed by atoms with van der Waals surface area (Å²) in [5.74, 6) is -0.336. The van der Waals surface area contributed by atoms with E-state index in [2.05, 4.69) is 4.74 Å². The highest BCUT2D eigenvalue weighted by atomic mass is 16.5. The summed E-state index contributed by atoms with van der Waals surface area (Å²) in [4.78, 5) is 23.1. The summed E-state index contributed by atoms with van der Waals surface area (Å²) in [6.07, 6.45) is 5.17.